The van der Waals surface area contributed by atoms with E-state index in [0.29, 0.717) is 30.5 Å². The zero-order chi connectivity index (χ0) is 25.2. The maximum atomic E-state index is 14.6. The molecule has 2 amide bonds. The molecule has 4 nitrogen and oxygen atoms in total. The molecule has 1 fully saturated rings. The van der Waals surface area contributed by atoms with Crippen molar-refractivity contribution in [1.29, 1.82) is 0 Å². The Morgan fingerprint density at radius 1 is 1.06 bits per heavy atom. The maximum Gasteiger partial charge on any atom is 0.395 e. The zero-order valence-electron chi connectivity index (χ0n) is 19.2. The summed E-state index contributed by atoms with van der Waals surface area (Å²) >= 11 is 0. The first-order valence-corrected chi connectivity index (χ1v) is 11.5. The molecule has 3 atom stereocenters. The second-order valence-corrected chi connectivity index (χ2v) is 8.93. The van der Waals surface area contributed by atoms with Gasteiger partial charge in [0, 0.05) is 12.2 Å². The van der Waals surface area contributed by atoms with E-state index in [1.54, 1.807) is 37.3 Å². The van der Waals surface area contributed by atoms with Gasteiger partial charge in [-0.05, 0) is 55.5 Å². The number of carbonyl (C=O) groups is 2. The molecule has 2 aromatic rings. The summed E-state index contributed by atoms with van der Waals surface area (Å²) in [5, 5.41) is 2.64. The Morgan fingerprint density at radius 2 is 1.80 bits per heavy atom. The number of rotatable bonds is 4. The van der Waals surface area contributed by atoms with Gasteiger partial charge in [0.05, 0.1) is 23.4 Å². The van der Waals surface area contributed by atoms with Crippen molar-refractivity contribution >= 4 is 11.8 Å². The normalized spacial score (nSPS) is 22.5. The molecule has 1 heterocycles. The van der Waals surface area contributed by atoms with Gasteiger partial charge in [-0.15, -0.1) is 0 Å². The van der Waals surface area contributed by atoms with E-state index in [4.69, 9.17) is 0 Å². The third-order valence-corrected chi connectivity index (χ3v) is 6.56. The number of nitrogens with zero attached hydrogens (tertiary/aromatic N) is 1. The summed E-state index contributed by atoms with van der Waals surface area (Å²) in [7, 11) is 0. The van der Waals surface area contributed by atoms with Crippen LogP contribution < -0.4 is 5.32 Å². The smallest absolute Gasteiger partial charge is 0.331 e. The number of carbonyl (C=O) groups excluding carboxylic acids is 2. The third-order valence-electron chi connectivity index (χ3n) is 6.56. The van der Waals surface area contributed by atoms with Crippen LogP contribution in [0.25, 0.3) is 0 Å². The molecule has 0 bridgehead atoms. The van der Waals surface area contributed by atoms with Crippen LogP contribution >= 0.6 is 0 Å². The van der Waals surface area contributed by atoms with Gasteiger partial charge in [-0.25, -0.2) is 4.39 Å². The highest BCUT2D eigenvalue weighted by molar-refractivity contribution is 5.97. The molecule has 0 radical (unpaired) electrons. The van der Waals surface area contributed by atoms with Crippen LogP contribution in [0.15, 0.2) is 72.5 Å². The molecule has 4 rings (SSSR count). The SMILES string of the molecule is Cc1cccc(F)c1C(=O)N1CCCC(C(=O)NC2=CC(C(F)(F)F)CC=C2)C1c1ccccc1. The predicted octanol–water partition coefficient (Wildman–Crippen LogP) is 5.87. The maximum absolute atomic E-state index is 14.6. The van der Waals surface area contributed by atoms with Gasteiger partial charge in [0.25, 0.3) is 5.91 Å². The van der Waals surface area contributed by atoms with Gasteiger partial charge in [-0.1, -0.05) is 48.5 Å². The largest absolute Gasteiger partial charge is 0.395 e. The Kier molecular flexibility index (Phi) is 7.10. The third kappa shape index (κ3) is 5.31. The van der Waals surface area contributed by atoms with Crippen LogP contribution in [-0.4, -0.2) is 29.4 Å². The highest BCUT2D eigenvalue weighted by Gasteiger charge is 2.41. The number of amides is 2. The molecular weight excluding hydrogens is 460 g/mol. The Hall–Kier alpha value is -3.42. The molecule has 8 heteroatoms. The summed E-state index contributed by atoms with van der Waals surface area (Å²) in [5.41, 5.74) is 1.24. The number of hydrogen-bond acceptors (Lipinski definition) is 2. The molecule has 0 spiro atoms. The van der Waals surface area contributed by atoms with E-state index in [-0.39, 0.29) is 17.7 Å². The van der Waals surface area contributed by atoms with Crippen molar-refractivity contribution in [2.75, 3.05) is 6.54 Å². The number of benzene rings is 2. The summed E-state index contributed by atoms with van der Waals surface area (Å²) in [6, 6.07) is 12.7. The molecule has 1 N–H and O–H groups in total. The topological polar surface area (TPSA) is 49.4 Å². The van der Waals surface area contributed by atoms with Crippen molar-refractivity contribution in [1.82, 2.24) is 10.2 Å². The number of hydrogen-bond donors (Lipinski definition) is 1. The van der Waals surface area contributed by atoms with Crippen molar-refractivity contribution < 1.29 is 27.2 Å². The monoisotopic (exact) mass is 486 g/mol. The molecule has 0 aromatic heterocycles. The number of likely N-dealkylation sites (tertiary alicyclic amines) is 1. The van der Waals surface area contributed by atoms with Gasteiger partial charge in [0.2, 0.25) is 5.91 Å². The fraction of sp³-hybridized carbons (Fsp3) is 0.333. The van der Waals surface area contributed by atoms with E-state index in [1.165, 1.54) is 29.2 Å². The number of aryl methyl sites for hydroxylation is 1. The van der Waals surface area contributed by atoms with Crippen LogP contribution in [0.1, 0.15) is 46.8 Å². The summed E-state index contributed by atoms with van der Waals surface area (Å²) in [4.78, 5) is 28.4. The molecule has 0 saturated carbocycles. The quantitative estimate of drug-likeness (QED) is 0.550. The minimum Gasteiger partial charge on any atom is -0.331 e. The number of halogens is 4. The Labute approximate surface area is 201 Å². The van der Waals surface area contributed by atoms with Crippen LogP contribution in [0.4, 0.5) is 17.6 Å². The van der Waals surface area contributed by atoms with Gasteiger partial charge in [-0.2, -0.15) is 13.2 Å². The van der Waals surface area contributed by atoms with Crippen LogP contribution in [0.5, 0.6) is 0 Å². The second-order valence-electron chi connectivity index (χ2n) is 8.93. The number of nitrogens with one attached hydrogen (secondary N) is 1. The minimum absolute atomic E-state index is 0.0413. The van der Waals surface area contributed by atoms with Crippen molar-refractivity contribution in [2.45, 2.75) is 38.4 Å². The number of allylic oxidation sites excluding steroid dienone is 3. The van der Waals surface area contributed by atoms with Crippen molar-refractivity contribution in [3.8, 4) is 0 Å². The lowest BCUT2D eigenvalue weighted by Gasteiger charge is -2.41. The zero-order valence-corrected chi connectivity index (χ0v) is 19.2. The molecular formula is C27H26F4N2O2. The fourth-order valence-electron chi connectivity index (χ4n) is 4.84. The lowest BCUT2D eigenvalue weighted by molar-refractivity contribution is -0.160. The molecule has 1 saturated heterocycles. The van der Waals surface area contributed by atoms with Crippen molar-refractivity contribution in [3.63, 3.8) is 0 Å². The number of piperidine rings is 1. The first kappa shape index (κ1) is 24.7. The van der Waals surface area contributed by atoms with Gasteiger partial charge in [0.15, 0.2) is 0 Å². The first-order chi connectivity index (χ1) is 16.7. The van der Waals surface area contributed by atoms with E-state index < -0.39 is 41.7 Å². The highest BCUT2D eigenvalue weighted by Crippen LogP contribution is 2.38. The molecule has 1 aliphatic heterocycles. The lowest BCUT2D eigenvalue weighted by atomic mass is 9.83. The average molecular weight is 487 g/mol. The Morgan fingerprint density at radius 3 is 2.49 bits per heavy atom. The summed E-state index contributed by atoms with van der Waals surface area (Å²) < 4.78 is 54.2. The van der Waals surface area contributed by atoms with Gasteiger partial charge >= 0.3 is 6.18 Å². The van der Waals surface area contributed by atoms with E-state index in [9.17, 15) is 27.2 Å². The van der Waals surface area contributed by atoms with Gasteiger partial charge in [-0.3, -0.25) is 9.59 Å². The Balaban J connectivity index is 1.66. The standard InChI is InChI=1S/C27H26F4N2O2/c1-17-8-5-14-22(28)23(17)26(35)33-15-7-13-21(24(33)18-9-3-2-4-10-18)25(34)32-20-12-6-11-19(16-20)27(29,30)31/h2-6,8-10,12,14,16,19,21,24H,7,11,13,15H2,1H3,(H,32,34). The summed E-state index contributed by atoms with van der Waals surface area (Å²) in [6.45, 7) is 1.98. The number of alkyl halides is 3. The van der Waals surface area contributed by atoms with Crippen LogP contribution in [0.3, 0.4) is 0 Å². The second kappa shape index (κ2) is 10.1. The van der Waals surface area contributed by atoms with Gasteiger partial charge < -0.3 is 10.2 Å². The van der Waals surface area contributed by atoms with Gasteiger partial charge in [0.1, 0.15) is 5.82 Å². The first-order valence-electron chi connectivity index (χ1n) is 11.5. The molecule has 35 heavy (non-hydrogen) atoms. The van der Waals surface area contributed by atoms with E-state index in [1.807, 2.05) is 6.07 Å². The van der Waals surface area contributed by atoms with E-state index in [0.717, 1.165) is 6.08 Å². The van der Waals surface area contributed by atoms with E-state index >= 15 is 0 Å². The summed E-state index contributed by atoms with van der Waals surface area (Å²) in [5.74, 6) is -4.01. The molecule has 1 aliphatic carbocycles. The molecule has 3 unspecified atom stereocenters. The molecule has 2 aliphatic rings. The molecule has 184 valence electrons. The predicted molar refractivity (Wildman–Crippen MR) is 124 cm³/mol. The van der Waals surface area contributed by atoms with Crippen LogP contribution in [0.2, 0.25) is 0 Å². The van der Waals surface area contributed by atoms with E-state index in [2.05, 4.69) is 5.32 Å². The fourth-order valence-corrected chi connectivity index (χ4v) is 4.84. The summed E-state index contributed by atoms with van der Waals surface area (Å²) in [6.07, 6.45) is 0.226. The minimum atomic E-state index is -4.40. The lowest BCUT2D eigenvalue weighted by Crippen LogP contribution is -2.48. The Bertz CT molecular complexity index is 1140. The molecule has 2 aromatic carbocycles. The average Bonchev–Trinajstić information content (AvgIpc) is 2.83. The van der Waals surface area contributed by atoms with Crippen molar-refractivity contribution in [2.24, 2.45) is 11.8 Å². The van der Waals surface area contributed by atoms with Crippen LogP contribution in [-0.2, 0) is 4.79 Å². The van der Waals surface area contributed by atoms with Crippen LogP contribution in [0, 0.1) is 24.6 Å². The highest BCUT2D eigenvalue weighted by atomic mass is 19.4. The van der Waals surface area contributed by atoms with Crippen molar-refractivity contribution in [3.05, 3.63) is 95.0 Å².